The number of methoxy groups -OCH3 is 1. The fourth-order valence-electron chi connectivity index (χ4n) is 4.53. The summed E-state index contributed by atoms with van der Waals surface area (Å²) in [6.07, 6.45) is 4.23. The van der Waals surface area contributed by atoms with Gasteiger partial charge in [0.2, 0.25) is 0 Å². The van der Waals surface area contributed by atoms with Gasteiger partial charge in [-0.2, -0.15) is 0 Å². The number of phenolic OH excluding ortho intramolecular Hbond substituents is 1. The summed E-state index contributed by atoms with van der Waals surface area (Å²) in [7, 11) is 1.47. The summed E-state index contributed by atoms with van der Waals surface area (Å²) < 4.78 is 6.39. The van der Waals surface area contributed by atoms with Gasteiger partial charge in [-0.15, -0.1) is 0 Å². The molecule has 3 atom stereocenters. The molecule has 148 valence electrons. The average Bonchev–Trinajstić information content (AvgIpc) is 2.69. The number of carbonyl (C=O) groups is 2. The number of ether oxygens (including phenoxy) is 1. The normalized spacial score (nSPS) is 27.4. The third-order valence-corrected chi connectivity index (χ3v) is 8.42. The van der Waals surface area contributed by atoms with Crippen molar-refractivity contribution in [2.75, 3.05) is 7.11 Å². The molecule has 2 aliphatic rings. The van der Waals surface area contributed by atoms with Crippen LogP contribution in [-0.4, -0.2) is 23.8 Å². The summed E-state index contributed by atoms with van der Waals surface area (Å²) >= 11 is 6.96. The number of ketones is 2. The van der Waals surface area contributed by atoms with Crippen molar-refractivity contribution in [1.82, 2.24) is 0 Å². The number of Topliss-reactive ketones (excluding diaryl/α,β-unsaturated/α-hetero) is 2. The number of phenols is 1. The molecule has 2 aliphatic carbocycles. The minimum absolute atomic E-state index is 0.0184. The Morgan fingerprint density at radius 3 is 2.46 bits per heavy atom. The summed E-state index contributed by atoms with van der Waals surface area (Å²) in [5, 5.41) is 10.3. The number of hydrogen-bond donors (Lipinski definition) is 1. The van der Waals surface area contributed by atoms with Crippen LogP contribution in [0, 0.1) is 11.3 Å². The Hall–Kier alpha value is -1.66. The first kappa shape index (κ1) is 21.1. The first-order valence-corrected chi connectivity index (χ1v) is 10.5. The lowest BCUT2D eigenvalue weighted by Gasteiger charge is -2.48. The summed E-state index contributed by atoms with van der Waals surface area (Å²) in [5.74, 6) is -0.603. The van der Waals surface area contributed by atoms with Gasteiger partial charge in [0, 0.05) is 16.3 Å². The zero-order valence-corrected chi connectivity index (χ0v) is 19.4. The second kappa shape index (κ2) is 7.30. The van der Waals surface area contributed by atoms with Crippen LogP contribution in [0.2, 0.25) is 0 Å². The van der Waals surface area contributed by atoms with Crippen LogP contribution in [0.15, 0.2) is 50.5 Å². The molecule has 0 unspecified atom stereocenters. The van der Waals surface area contributed by atoms with Crippen LogP contribution in [0.5, 0.6) is 11.5 Å². The molecular weight excluding hydrogens is 488 g/mol. The molecule has 6 heteroatoms. The van der Waals surface area contributed by atoms with Gasteiger partial charge >= 0.3 is 0 Å². The molecule has 1 aromatic carbocycles. The molecule has 0 fully saturated rings. The van der Waals surface area contributed by atoms with Crippen molar-refractivity contribution in [1.29, 1.82) is 0 Å². The van der Waals surface area contributed by atoms with Crippen LogP contribution in [0.4, 0.5) is 0 Å². The van der Waals surface area contributed by atoms with Crippen LogP contribution in [0.1, 0.15) is 38.7 Å². The van der Waals surface area contributed by atoms with Crippen LogP contribution in [-0.2, 0) is 9.59 Å². The molecule has 0 amide bonds. The quantitative estimate of drug-likeness (QED) is 0.573. The maximum absolute atomic E-state index is 13.5. The van der Waals surface area contributed by atoms with Gasteiger partial charge in [-0.05, 0) is 80.5 Å². The highest BCUT2D eigenvalue weighted by atomic mass is 79.9. The minimum atomic E-state index is -0.955. The average molecular weight is 510 g/mol. The zero-order chi connectivity index (χ0) is 21.0. The summed E-state index contributed by atoms with van der Waals surface area (Å²) in [6.45, 7) is 9.26. The second-order valence-corrected chi connectivity index (χ2v) is 9.09. The second-order valence-electron chi connectivity index (χ2n) is 7.50. The van der Waals surface area contributed by atoms with E-state index in [-0.39, 0.29) is 23.1 Å². The van der Waals surface area contributed by atoms with E-state index in [9.17, 15) is 14.7 Å². The zero-order valence-electron chi connectivity index (χ0n) is 16.2. The van der Waals surface area contributed by atoms with Crippen molar-refractivity contribution in [3.63, 3.8) is 0 Å². The van der Waals surface area contributed by atoms with Crippen molar-refractivity contribution in [2.45, 2.75) is 33.1 Å². The van der Waals surface area contributed by atoms with Crippen molar-refractivity contribution in [3.8, 4) is 11.5 Å². The Morgan fingerprint density at radius 1 is 1.25 bits per heavy atom. The largest absolute Gasteiger partial charge is 0.503 e. The molecule has 4 nitrogen and oxygen atoms in total. The van der Waals surface area contributed by atoms with Crippen LogP contribution in [0.3, 0.4) is 0 Å². The molecule has 0 heterocycles. The first-order valence-electron chi connectivity index (χ1n) is 8.95. The summed E-state index contributed by atoms with van der Waals surface area (Å²) in [4.78, 5) is 26.6. The lowest BCUT2D eigenvalue weighted by atomic mass is 9.52. The van der Waals surface area contributed by atoms with Crippen molar-refractivity contribution < 1.29 is 19.4 Å². The number of fused-ring (bicyclic) bond motifs is 1. The maximum atomic E-state index is 13.5. The van der Waals surface area contributed by atoms with E-state index in [4.69, 9.17) is 4.74 Å². The molecule has 0 aliphatic heterocycles. The van der Waals surface area contributed by atoms with E-state index in [1.165, 1.54) is 7.11 Å². The molecule has 0 aromatic heterocycles. The van der Waals surface area contributed by atoms with E-state index in [0.29, 0.717) is 26.5 Å². The molecule has 0 radical (unpaired) electrons. The van der Waals surface area contributed by atoms with Gasteiger partial charge in [-0.3, -0.25) is 9.59 Å². The predicted molar refractivity (Wildman–Crippen MR) is 116 cm³/mol. The molecule has 0 spiro atoms. The number of carbonyl (C=O) groups excluding carboxylic acids is 2. The van der Waals surface area contributed by atoms with E-state index in [1.807, 2.05) is 13.0 Å². The van der Waals surface area contributed by atoms with E-state index in [0.717, 1.165) is 11.1 Å². The van der Waals surface area contributed by atoms with Crippen molar-refractivity contribution >= 4 is 43.4 Å². The highest BCUT2D eigenvalue weighted by molar-refractivity contribution is 9.13. The van der Waals surface area contributed by atoms with Gasteiger partial charge in [-0.25, -0.2) is 0 Å². The third kappa shape index (κ3) is 2.76. The number of allylic oxidation sites excluding steroid dienone is 5. The highest BCUT2D eigenvalue weighted by Gasteiger charge is 2.56. The number of aromatic hydroxyl groups is 1. The molecule has 1 aromatic rings. The SMILES string of the molecule is C=CC1=CC[C@H]2C(=O)C(C)=C(C)C(=O)[C@@]2(C)[C@H]1c1cc(OC)c(O)c(Br)c1Br. The molecule has 0 saturated heterocycles. The monoisotopic (exact) mass is 508 g/mol. The molecule has 3 rings (SSSR count). The predicted octanol–water partition coefficient (Wildman–Crippen LogP) is 5.64. The smallest absolute Gasteiger partial charge is 0.173 e. The van der Waals surface area contributed by atoms with Crippen molar-refractivity contribution in [3.05, 3.63) is 56.0 Å². The Labute approximate surface area is 181 Å². The van der Waals surface area contributed by atoms with Crippen LogP contribution >= 0.6 is 31.9 Å². The molecule has 0 saturated carbocycles. The highest BCUT2D eigenvalue weighted by Crippen LogP contribution is 2.58. The topological polar surface area (TPSA) is 63.6 Å². The summed E-state index contributed by atoms with van der Waals surface area (Å²) in [5.41, 5.74) is 1.74. The standard InChI is InChI=1S/C22H22Br2O4/c1-6-12-7-8-14-19(25)10(2)11(3)21(27)22(14,4)16(12)13-9-15(28-5)20(26)18(24)17(13)23/h6-7,9,14,16,26H,1,8H2,2-5H3/t14-,16+,22+/m0/s1. The molecular formula is C22H22Br2O4. The first-order chi connectivity index (χ1) is 13.1. The third-order valence-electron chi connectivity index (χ3n) is 6.27. The van der Waals surface area contributed by atoms with Gasteiger partial charge in [0.05, 0.1) is 17.0 Å². The lowest BCUT2D eigenvalue weighted by Crippen LogP contribution is -2.51. The van der Waals surface area contributed by atoms with E-state index in [1.54, 1.807) is 26.0 Å². The Morgan fingerprint density at radius 2 is 1.89 bits per heavy atom. The number of benzene rings is 1. The van der Waals surface area contributed by atoms with Gasteiger partial charge in [-0.1, -0.05) is 25.7 Å². The van der Waals surface area contributed by atoms with Gasteiger partial charge < -0.3 is 9.84 Å². The number of rotatable bonds is 3. The fourth-order valence-corrected chi connectivity index (χ4v) is 5.49. The van der Waals surface area contributed by atoms with Gasteiger partial charge in [0.25, 0.3) is 0 Å². The Kier molecular flexibility index (Phi) is 5.49. The molecule has 0 bridgehead atoms. The molecule has 28 heavy (non-hydrogen) atoms. The number of halogens is 2. The van der Waals surface area contributed by atoms with Crippen molar-refractivity contribution in [2.24, 2.45) is 11.3 Å². The lowest BCUT2D eigenvalue weighted by molar-refractivity contribution is -0.138. The van der Waals surface area contributed by atoms with Gasteiger partial charge in [0.1, 0.15) is 0 Å². The van der Waals surface area contributed by atoms with E-state index >= 15 is 0 Å². The van der Waals surface area contributed by atoms with Crippen LogP contribution < -0.4 is 4.74 Å². The summed E-state index contributed by atoms with van der Waals surface area (Å²) in [6, 6.07) is 1.72. The fraction of sp³-hybridized carbons (Fsp3) is 0.364. The van der Waals surface area contributed by atoms with Gasteiger partial charge in [0.15, 0.2) is 23.1 Å². The minimum Gasteiger partial charge on any atom is -0.503 e. The molecule has 1 N–H and O–H groups in total. The van der Waals surface area contributed by atoms with Crippen LogP contribution in [0.25, 0.3) is 0 Å². The maximum Gasteiger partial charge on any atom is 0.173 e. The van der Waals surface area contributed by atoms with E-state index in [2.05, 4.69) is 38.4 Å². The Bertz CT molecular complexity index is 973. The number of hydrogen-bond acceptors (Lipinski definition) is 4. The van der Waals surface area contributed by atoms with E-state index < -0.39 is 17.3 Å². The Balaban J connectivity index is 2.35.